The van der Waals surface area contributed by atoms with Gasteiger partial charge in [-0.3, -0.25) is 14.5 Å². The fourth-order valence-corrected chi connectivity index (χ4v) is 2.55. The number of nitrogens with zero attached hydrogens (tertiary/aromatic N) is 1. The zero-order valence-corrected chi connectivity index (χ0v) is 11.8. The maximum atomic E-state index is 12.3. The molecule has 3 nitrogen and oxygen atoms in total. The summed E-state index contributed by atoms with van der Waals surface area (Å²) in [5.74, 6) is -0.0844. The van der Waals surface area contributed by atoms with E-state index in [4.69, 9.17) is 0 Å². The van der Waals surface area contributed by atoms with Gasteiger partial charge in [-0.1, -0.05) is 39.3 Å². The normalized spacial score (nSPS) is 19.6. The van der Waals surface area contributed by atoms with Crippen LogP contribution in [0.3, 0.4) is 0 Å². The van der Waals surface area contributed by atoms with Crippen molar-refractivity contribution in [2.75, 3.05) is 4.90 Å². The van der Waals surface area contributed by atoms with Crippen LogP contribution in [0.4, 0.5) is 5.69 Å². The molecule has 0 spiro atoms. The molecule has 0 bridgehead atoms. The van der Waals surface area contributed by atoms with Gasteiger partial charge in [-0.15, -0.1) is 0 Å². The van der Waals surface area contributed by atoms with Crippen molar-refractivity contribution in [1.29, 1.82) is 0 Å². The number of imide groups is 1. The largest absolute Gasteiger partial charge is 0.274 e. The van der Waals surface area contributed by atoms with E-state index in [0.717, 1.165) is 12.8 Å². The quantitative estimate of drug-likeness (QED) is 0.779. The van der Waals surface area contributed by atoms with Gasteiger partial charge < -0.3 is 0 Å². The number of carbonyl (C=O) groups is 2. The molecule has 0 N–H and O–H groups in total. The summed E-state index contributed by atoms with van der Waals surface area (Å²) in [5, 5.41) is 0. The standard InChI is InChI=1S/C16H21NO2/c1-4-5-12-6-8-13(9-7-12)17-15(18)10-14(11(2)3)16(17)19/h6-9,11,14H,4-5,10H2,1-3H3. The van der Waals surface area contributed by atoms with Crippen LogP contribution in [0.25, 0.3) is 0 Å². The highest BCUT2D eigenvalue weighted by Crippen LogP contribution is 2.30. The van der Waals surface area contributed by atoms with E-state index in [1.165, 1.54) is 10.5 Å². The second kappa shape index (κ2) is 5.55. The predicted molar refractivity (Wildman–Crippen MR) is 75.9 cm³/mol. The van der Waals surface area contributed by atoms with Crippen LogP contribution >= 0.6 is 0 Å². The van der Waals surface area contributed by atoms with Crippen molar-refractivity contribution in [3.8, 4) is 0 Å². The summed E-state index contributed by atoms with van der Waals surface area (Å²) < 4.78 is 0. The molecule has 3 heteroatoms. The number of carbonyl (C=O) groups excluding carboxylic acids is 2. The lowest BCUT2D eigenvalue weighted by Crippen LogP contribution is -2.31. The summed E-state index contributed by atoms with van der Waals surface area (Å²) >= 11 is 0. The van der Waals surface area contributed by atoms with Gasteiger partial charge in [-0.25, -0.2) is 0 Å². The SMILES string of the molecule is CCCc1ccc(N2C(=O)CC(C(C)C)C2=O)cc1. The maximum absolute atomic E-state index is 12.3. The molecule has 2 amide bonds. The van der Waals surface area contributed by atoms with Crippen molar-refractivity contribution in [1.82, 2.24) is 0 Å². The topological polar surface area (TPSA) is 37.4 Å². The van der Waals surface area contributed by atoms with E-state index in [0.29, 0.717) is 12.1 Å². The van der Waals surface area contributed by atoms with Crippen molar-refractivity contribution in [2.24, 2.45) is 11.8 Å². The summed E-state index contributed by atoms with van der Waals surface area (Å²) in [5.41, 5.74) is 1.95. The van der Waals surface area contributed by atoms with Gasteiger partial charge in [0.15, 0.2) is 0 Å². The van der Waals surface area contributed by atoms with Gasteiger partial charge in [0.25, 0.3) is 0 Å². The molecule has 1 fully saturated rings. The second-order valence-electron chi connectivity index (χ2n) is 5.54. The number of amides is 2. The molecule has 1 unspecified atom stereocenters. The lowest BCUT2D eigenvalue weighted by molar-refractivity contribution is -0.122. The molecular weight excluding hydrogens is 238 g/mol. The van der Waals surface area contributed by atoms with Crippen molar-refractivity contribution in [3.63, 3.8) is 0 Å². The third kappa shape index (κ3) is 2.70. The van der Waals surface area contributed by atoms with Crippen LogP contribution in [-0.2, 0) is 16.0 Å². The molecule has 19 heavy (non-hydrogen) atoms. The van der Waals surface area contributed by atoms with Gasteiger partial charge >= 0.3 is 0 Å². The van der Waals surface area contributed by atoms with E-state index >= 15 is 0 Å². The molecule has 0 aromatic heterocycles. The van der Waals surface area contributed by atoms with Crippen LogP contribution in [0.15, 0.2) is 24.3 Å². The highest BCUT2D eigenvalue weighted by molar-refractivity contribution is 6.20. The Morgan fingerprint density at radius 1 is 1.21 bits per heavy atom. The van der Waals surface area contributed by atoms with E-state index in [1.807, 2.05) is 38.1 Å². The lowest BCUT2D eigenvalue weighted by atomic mass is 9.94. The number of anilines is 1. The third-order valence-electron chi connectivity index (χ3n) is 3.72. The Balaban J connectivity index is 2.21. The van der Waals surface area contributed by atoms with E-state index < -0.39 is 0 Å². The van der Waals surface area contributed by atoms with Gasteiger partial charge in [-0.2, -0.15) is 0 Å². The van der Waals surface area contributed by atoms with Crippen LogP contribution in [0.5, 0.6) is 0 Å². The van der Waals surface area contributed by atoms with Crippen LogP contribution in [0, 0.1) is 11.8 Å². The Bertz CT molecular complexity index is 476. The van der Waals surface area contributed by atoms with E-state index in [1.54, 1.807) is 0 Å². The minimum absolute atomic E-state index is 0.0526. The second-order valence-corrected chi connectivity index (χ2v) is 5.54. The molecule has 1 aromatic rings. The Kier molecular flexibility index (Phi) is 4.03. The van der Waals surface area contributed by atoms with Crippen molar-refractivity contribution in [2.45, 2.75) is 40.0 Å². The average Bonchev–Trinajstić information content (AvgIpc) is 2.67. The number of benzene rings is 1. The summed E-state index contributed by atoms with van der Waals surface area (Å²) in [6.45, 7) is 6.11. The number of hydrogen-bond donors (Lipinski definition) is 0. The number of hydrogen-bond acceptors (Lipinski definition) is 2. The lowest BCUT2D eigenvalue weighted by Gasteiger charge is -2.16. The van der Waals surface area contributed by atoms with Crippen LogP contribution < -0.4 is 4.90 Å². The first kappa shape index (κ1) is 13.8. The van der Waals surface area contributed by atoms with Gasteiger partial charge in [0.05, 0.1) is 11.6 Å². The zero-order chi connectivity index (χ0) is 14.0. The van der Waals surface area contributed by atoms with Gasteiger partial charge in [-0.05, 0) is 30.0 Å². The smallest absolute Gasteiger partial charge is 0.237 e. The first-order valence-electron chi connectivity index (χ1n) is 7.00. The fourth-order valence-electron chi connectivity index (χ4n) is 2.55. The summed E-state index contributed by atoms with van der Waals surface area (Å²) in [6, 6.07) is 7.76. The van der Waals surface area contributed by atoms with Crippen molar-refractivity contribution >= 4 is 17.5 Å². The molecule has 1 heterocycles. The molecular formula is C16H21NO2. The first-order chi connectivity index (χ1) is 9.04. The molecule has 0 radical (unpaired) electrons. The summed E-state index contributed by atoms with van der Waals surface area (Å²) in [7, 11) is 0. The Hall–Kier alpha value is -1.64. The van der Waals surface area contributed by atoms with Crippen molar-refractivity contribution < 1.29 is 9.59 Å². The highest BCUT2D eigenvalue weighted by Gasteiger charge is 2.40. The van der Waals surface area contributed by atoms with Crippen LogP contribution in [-0.4, -0.2) is 11.8 Å². The zero-order valence-electron chi connectivity index (χ0n) is 11.8. The Labute approximate surface area is 114 Å². The van der Waals surface area contributed by atoms with Gasteiger partial charge in [0.2, 0.25) is 11.8 Å². The maximum Gasteiger partial charge on any atom is 0.237 e. The van der Waals surface area contributed by atoms with Crippen LogP contribution in [0.1, 0.15) is 39.2 Å². The van der Waals surface area contributed by atoms with Gasteiger partial charge in [0, 0.05) is 6.42 Å². The highest BCUT2D eigenvalue weighted by atomic mass is 16.2. The molecule has 0 aliphatic carbocycles. The van der Waals surface area contributed by atoms with E-state index in [-0.39, 0.29) is 23.7 Å². The third-order valence-corrected chi connectivity index (χ3v) is 3.72. The predicted octanol–water partition coefficient (Wildman–Crippen LogP) is 3.17. The number of rotatable bonds is 4. The minimum atomic E-state index is -0.164. The average molecular weight is 259 g/mol. The molecule has 102 valence electrons. The molecule has 1 saturated heterocycles. The Morgan fingerprint density at radius 2 is 1.84 bits per heavy atom. The first-order valence-corrected chi connectivity index (χ1v) is 7.00. The Morgan fingerprint density at radius 3 is 2.32 bits per heavy atom. The molecule has 0 saturated carbocycles. The minimum Gasteiger partial charge on any atom is -0.274 e. The van der Waals surface area contributed by atoms with Crippen LogP contribution in [0.2, 0.25) is 0 Å². The van der Waals surface area contributed by atoms with E-state index in [9.17, 15) is 9.59 Å². The molecule has 1 atom stereocenters. The van der Waals surface area contributed by atoms with Gasteiger partial charge in [0.1, 0.15) is 0 Å². The summed E-state index contributed by atoms with van der Waals surface area (Å²) in [6.07, 6.45) is 2.46. The molecule has 1 aromatic carbocycles. The molecule has 2 rings (SSSR count). The molecule has 1 aliphatic rings. The van der Waals surface area contributed by atoms with E-state index in [2.05, 4.69) is 6.92 Å². The fraction of sp³-hybridized carbons (Fsp3) is 0.500. The number of aryl methyl sites for hydroxylation is 1. The monoisotopic (exact) mass is 259 g/mol. The molecule has 1 aliphatic heterocycles. The van der Waals surface area contributed by atoms with Crippen molar-refractivity contribution in [3.05, 3.63) is 29.8 Å². The summed E-state index contributed by atoms with van der Waals surface area (Å²) in [4.78, 5) is 25.6.